The molecule has 0 atom stereocenters. The van der Waals surface area contributed by atoms with Crippen LogP contribution < -0.4 is 10.6 Å². The third-order valence-corrected chi connectivity index (χ3v) is 4.73. The number of benzene rings is 1. The quantitative estimate of drug-likeness (QED) is 0.781. The van der Waals surface area contributed by atoms with E-state index < -0.39 is 0 Å². The number of aryl methyl sites for hydroxylation is 2. The van der Waals surface area contributed by atoms with E-state index in [-0.39, 0.29) is 29.7 Å². The van der Waals surface area contributed by atoms with Gasteiger partial charge in [0.15, 0.2) is 0 Å². The minimum absolute atomic E-state index is 0.0272. The Bertz CT molecular complexity index is 649. The Morgan fingerprint density at radius 1 is 1.11 bits per heavy atom. The smallest absolute Gasteiger partial charge is 0.322 e. The van der Waals surface area contributed by atoms with Crippen molar-refractivity contribution in [2.24, 2.45) is 0 Å². The molecule has 6 nitrogen and oxygen atoms in total. The first kappa shape index (κ1) is 23.8. The van der Waals surface area contributed by atoms with Crippen LogP contribution in [-0.2, 0) is 0 Å². The van der Waals surface area contributed by atoms with Crippen LogP contribution in [-0.4, -0.2) is 52.6 Å². The SMILES string of the molecule is CC(C)(C)N1CCNC1=O.Cc1cccc(C)c1NC(=O)N(C(C)C)C(C)C. The fourth-order valence-corrected chi connectivity index (χ4v) is 3.36. The maximum Gasteiger partial charge on any atom is 0.322 e. The van der Waals surface area contributed by atoms with Gasteiger partial charge in [0.1, 0.15) is 0 Å². The molecule has 1 saturated heterocycles. The number of urea groups is 2. The van der Waals surface area contributed by atoms with Crippen molar-refractivity contribution in [2.75, 3.05) is 18.4 Å². The van der Waals surface area contributed by atoms with E-state index in [0.29, 0.717) is 0 Å². The van der Waals surface area contributed by atoms with Gasteiger partial charge in [-0.2, -0.15) is 0 Å². The van der Waals surface area contributed by atoms with Crippen LogP contribution in [0.3, 0.4) is 0 Å². The fourth-order valence-electron chi connectivity index (χ4n) is 3.36. The number of para-hydroxylation sites is 1. The van der Waals surface area contributed by atoms with E-state index in [1.165, 1.54) is 0 Å². The van der Waals surface area contributed by atoms with Crippen molar-refractivity contribution < 1.29 is 9.59 Å². The summed E-state index contributed by atoms with van der Waals surface area (Å²) in [6.07, 6.45) is 0. The minimum atomic E-state index is -0.0302. The van der Waals surface area contributed by atoms with E-state index in [0.717, 1.165) is 29.9 Å². The minimum Gasteiger partial charge on any atom is -0.336 e. The summed E-state index contributed by atoms with van der Waals surface area (Å²) >= 11 is 0. The zero-order valence-electron chi connectivity index (χ0n) is 19.0. The van der Waals surface area contributed by atoms with Crippen molar-refractivity contribution >= 4 is 17.7 Å². The largest absolute Gasteiger partial charge is 0.336 e. The topological polar surface area (TPSA) is 64.7 Å². The summed E-state index contributed by atoms with van der Waals surface area (Å²) in [6.45, 7) is 19.9. The summed E-state index contributed by atoms with van der Waals surface area (Å²) < 4.78 is 0. The van der Waals surface area contributed by atoms with E-state index in [1.54, 1.807) is 0 Å². The molecule has 0 aromatic heterocycles. The Labute approximate surface area is 170 Å². The predicted octanol–water partition coefficient (Wildman–Crippen LogP) is 4.76. The molecule has 1 aromatic carbocycles. The van der Waals surface area contributed by atoms with Crippen LogP contribution in [0.2, 0.25) is 0 Å². The molecule has 28 heavy (non-hydrogen) atoms. The second-order valence-corrected chi connectivity index (χ2v) is 8.85. The van der Waals surface area contributed by atoms with Gasteiger partial charge in [0.05, 0.1) is 0 Å². The molecule has 0 radical (unpaired) electrons. The van der Waals surface area contributed by atoms with Gasteiger partial charge in [-0.05, 0) is 73.4 Å². The van der Waals surface area contributed by atoms with E-state index in [2.05, 4.69) is 10.6 Å². The molecule has 158 valence electrons. The van der Waals surface area contributed by atoms with Crippen molar-refractivity contribution in [1.29, 1.82) is 0 Å². The first-order valence-electron chi connectivity index (χ1n) is 10.1. The van der Waals surface area contributed by atoms with Gasteiger partial charge in [0, 0.05) is 36.4 Å². The summed E-state index contributed by atoms with van der Waals surface area (Å²) in [5, 5.41) is 5.79. The normalized spacial score (nSPS) is 14.0. The molecule has 1 aliphatic rings. The van der Waals surface area contributed by atoms with Gasteiger partial charge in [-0.1, -0.05) is 18.2 Å². The molecule has 1 heterocycles. The Morgan fingerprint density at radius 2 is 1.61 bits per heavy atom. The second kappa shape index (κ2) is 9.80. The van der Waals surface area contributed by atoms with Gasteiger partial charge in [0.25, 0.3) is 0 Å². The summed E-state index contributed by atoms with van der Waals surface area (Å²) in [5.41, 5.74) is 3.08. The second-order valence-electron chi connectivity index (χ2n) is 8.85. The lowest BCUT2D eigenvalue weighted by Gasteiger charge is -2.31. The summed E-state index contributed by atoms with van der Waals surface area (Å²) in [4.78, 5) is 27.0. The van der Waals surface area contributed by atoms with E-state index in [9.17, 15) is 9.59 Å². The summed E-state index contributed by atoms with van der Waals surface area (Å²) in [6, 6.07) is 6.44. The van der Waals surface area contributed by atoms with Crippen molar-refractivity contribution in [1.82, 2.24) is 15.1 Å². The van der Waals surface area contributed by atoms with Crippen molar-refractivity contribution in [3.05, 3.63) is 29.3 Å². The highest BCUT2D eigenvalue weighted by molar-refractivity contribution is 5.91. The molecule has 2 rings (SSSR count). The lowest BCUT2D eigenvalue weighted by Crippen LogP contribution is -2.44. The van der Waals surface area contributed by atoms with Crippen LogP contribution in [0.4, 0.5) is 15.3 Å². The zero-order chi connectivity index (χ0) is 21.6. The Kier molecular flexibility index (Phi) is 8.33. The highest BCUT2D eigenvalue weighted by Crippen LogP contribution is 2.20. The van der Waals surface area contributed by atoms with Crippen LogP contribution >= 0.6 is 0 Å². The lowest BCUT2D eigenvalue weighted by atomic mass is 10.1. The third-order valence-electron chi connectivity index (χ3n) is 4.73. The van der Waals surface area contributed by atoms with Crippen molar-refractivity contribution in [3.63, 3.8) is 0 Å². The highest BCUT2D eigenvalue weighted by Gasteiger charge is 2.29. The highest BCUT2D eigenvalue weighted by atomic mass is 16.2. The van der Waals surface area contributed by atoms with Crippen LogP contribution in [0.15, 0.2) is 18.2 Å². The Balaban J connectivity index is 0.000000330. The molecular weight excluding hydrogens is 352 g/mol. The van der Waals surface area contributed by atoms with Crippen molar-refractivity contribution in [3.8, 4) is 0 Å². The molecule has 1 fully saturated rings. The third kappa shape index (κ3) is 6.43. The molecule has 1 aromatic rings. The number of nitrogens with zero attached hydrogens (tertiary/aromatic N) is 2. The Hall–Kier alpha value is -2.24. The number of anilines is 1. The molecular formula is C22H38N4O2. The molecule has 0 unspecified atom stereocenters. The summed E-state index contributed by atoms with van der Waals surface area (Å²) in [7, 11) is 0. The van der Waals surface area contributed by atoms with Gasteiger partial charge in [-0.15, -0.1) is 0 Å². The average Bonchev–Trinajstić information content (AvgIpc) is 2.97. The van der Waals surface area contributed by atoms with Gasteiger partial charge in [0.2, 0.25) is 0 Å². The van der Waals surface area contributed by atoms with Gasteiger partial charge < -0.3 is 20.4 Å². The molecule has 2 N–H and O–H groups in total. The zero-order valence-corrected chi connectivity index (χ0v) is 19.0. The predicted molar refractivity (Wildman–Crippen MR) is 117 cm³/mol. The number of carbonyl (C=O) groups excluding carboxylic acids is 2. The van der Waals surface area contributed by atoms with Crippen LogP contribution in [0, 0.1) is 13.8 Å². The number of hydrogen-bond donors (Lipinski definition) is 2. The number of amides is 4. The number of hydrogen-bond acceptors (Lipinski definition) is 2. The maximum absolute atomic E-state index is 12.3. The first-order chi connectivity index (χ1) is 12.9. The molecule has 0 aliphatic carbocycles. The van der Waals surface area contributed by atoms with Gasteiger partial charge >= 0.3 is 12.1 Å². The molecule has 0 saturated carbocycles. The number of nitrogens with one attached hydrogen (secondary N) is 2. The fraction of sp³-hybridized carbons (Fsp3) is 0.636. The van der Waals surface area contributed by atoms with Crippen LogP contribution in [0.25, 0.3) is 0 Å². The average molecular weight is 391 g/mol. The maximum atomic E-state index is 12.3. The first-order valence-corrected chi connectivity index (χ1v) is 10.1. The van der Waals surface area contributed by atoms with Gasteiger partial charge in [-0.25, -0.2) is 9.59 Å². The molecule has 0 bridgehead atoms. The monoisotopic (exact) mass is 390 g/mol. The number of rotatable bonds is 3. The van der Waals surface area contributed by atoms with E-state index in [4.69, 9.17) is 0 Å². The molecule has 4 amide bonds. The van der Waals surface area contributed by atoms with E-state index >= 15 is 0 Å². The van der Waals surface area contributed by atoms with Crippen LogP contribution in [0.5, 0.6) is 0 Å². The molecule has 0 spiro atoms. The molecule has 6 heteroatoms. The molecule has 1 aliphatic heterocycles. The number of carbonyl (C=O) groups is 2. The van der Waals surface area contributed by atoms with Crippen molar-refractivity contribution in [2.45, 2.75) is 79.9 Å². The van der Waals surface area contributed by atoms with Gasteiger partial charge in [-0.3, -0.25) is 0 Å². The standard InChI is InChI=1S/C15H24N2O.C7H14N2O/c1-10(2)17(11(3)4)15(18)16-14-12(5)8-7-9-13(14)6;1-7(2,3)9-5-4-8-6(9)10/h7-11H,1-6H3,(H,16,18);4-5H2,1-3H3,(H,8,10). The van der Waals surface area contributed by atoms with E-state index in [1.807, 2.05) is 90.3 Å². The van der Waals surface area contributed by atoms with Crippen LogP contribution in [0.1, 0.15) is 59.6 Å². The Morgan fingerprint density at radius 3 is 1.93 bits per heavy atom. The lowest BCUT2D eigenvalue weighted by molar-refractivity contribution is 0.171. The summed E-state index contributed by atoms with van der Waals surface area (Å²) in [5.74, 6) is 0.